The molecule has 0 radical (unpaired) electrons. The average Bonchev–Trinajstić information content (AvgIpc) is 3.60. The van der Waals surface area contributed by atoms with Crippen molar-refractivity contribution in [1.29, 1.82) is 0 Å². The summed E-state index contributed by atoms with van der Waals surface area (Å²) in [7, 11) is -0.578. The van der Waals surface area contributed by atoms with E-state index < -0.39 is 7.12 Å². The number of hydrogen-bond donors (Lipinski definition) is 2. The molecule has 4 heterocycles. The summed E-state index contributed by atoms with van der Waals surface area (Å²) in [5, 5.41) is 10.4. The molecule has 9 unspecified atom stereocenters. The molecule has 6 nitrogen and oxygen atoms in total. The van der Waals surface area contributed by atoms with Crippen molar-refractivity contribution in [3.05, 3.63) is 0 Å². The number of likely N-dealkylation sites (tertiary alicyclic amines) is 1. The van der Waals surface area contributed by atoms with Crippen molar-refractivity contribution in [2.24, 2.45) is 40.7 Å². The van der Waals surface area contributed by atoms with Crippen molar-refractivity contribution < 1.29 is 19.2 Å². The van der Waals surface area contributed by atoms with Gasteiger partial charge in [-0.1, -0.05) is 12.8 Å². The van der Waals surface area contributed by atoms with Crippen LogP contribution < -0.4 is 5.73 Å². The summed E-state index contributed by atoms with van der Waals surface area (Å²) in [6, 6.07) is 0. The molecular formula is C26H43BN2O4S2. The molecule has 6 fully saturated rings. The van der Waals surface area contributed by atoms with Gasteiger partial charge in [-0.15, -0.1) is 11.8 Å². The fourth-order valence-electron chi connectivity index (χ4n) is 8.80. The third kappa shape index (κ3) is 4.52. The van der Waals surface area contributed by atoms with Crippen molar-refractivity contribution >= 4 is 36.5 Å². The highest BCUT2D eigenvalue weighted by atomic mass is 32.2. The van der Waals surface area contributed by atoms with Crippen molar-refractivity contribution in [3.8, 4) is 0 Å². The number of carbonyl (C=O) groups is 1. The first-order valence-corrected chi connectivity index (χ1v) is 16.3. The van der Waals surface area contributed by atoms with Crippen LogP contribution in [-0.2, 0) is 14.2 Å². The lowest BCUT2D eigenvalue weighted by Crippen LogP contribution is -2.49. The number of carbonyl (C=O) groups excluding carboxylic acids is 1. The van der Waals surface area contributed by atoms with Gasteiger partial charge in [-0.25, -0.2) is 0 Å². The van der Waals surface area contributed by atoms with Gasteiger partial charge in [-0.2, -0.15) is 11.8 Å². The Morgan fingerprint density at radius 2 is 2.00 bits per heavy atom. The van der Waals surface area contributed by atoms with Gasteiger partial charge in [0.1, 0.15) is 0 Å². The Morgan fingerprint density at radius 1 is 1.17 bits per heavy atom. The maximum atomic E-state index is 13.7. The maximum Gasteiger partial charge on any atom is 0.457 e. The predicted molar refractivity (Wildman–Crippen MR) is 143 cm³/mol. The fraction of sp³-hybridized carbons (Fsp3) is 0.962. The normalized spacial score (nSPS) is 45.1. The van der Waals surface area contributed by atoms with Gasteiger partial charge in [0.2, 0.25) is 5.91 Å². The topological polar surface area (TPSA) is 85.0 Å². The second kappa shape index (κ2) is 10.3. The van der Waals surface area contributed by atoms with Crippen molar-refractivity contribution in [3.63, 3.8) is 0 Å². The molecule has 196 valence electrons. The zero-order valence-corrected chi connectivity index (χ0v) is 22.8. The minimum atomic E-state index is -0.578. The van der Waals surface area contributed by atoms with Crippen LogP contribution in [0.3, 0.4) is 0 Å². The van der Waals surface area contributed by atoms with Crippen molar-refractivity contribution in [2.45, 2.75) is 79.5 Å². The molecule has 2 saturated carbocycles. The number of ether oxygens (including phenoxy) is 1. The van der Waals surface area contributed by atoms with Gasteiger partial charge >= 0.3 is 7.12 Å². The summed E-state index contributed by atoms with van der Waals surface area (Å²) < 4.78 is 12.5. The van der Waals surface area contributed by atoms with E-state index in [1.807, 2.05) is 23.5 Å². The number of piperidine rings is 1. The molecule has 3 N–H and O–H groups in total. The largest absolute Gasteiger partial charge is 0.457 e. The summed E-state index contributed by atoms with van der Waals surface area (Å²) in [5.74, 6) is 3.54. The zero-order valence-electron chi connectivity index (χ0n) is 21.2. The van der Waals surface area contributed by atoms with E-state index in [0.717, 1.165) is 58.3 Å². The highest BCUT2D eigenvalue weighted by Crippen LogP contribution is 2.56. The van der Waals surface area contributed by atoms with Crippen LogP contribution in [0.4, 0.5) is 0 Å². The molecule has 1 amide bonds. The molecule has 1 spiro atoms. The third-order valence-electron chi connectivity index (χ3n) is 10.9. The molecule has 0 bridgehead atoms. The van der Waals surface area contributed by atoms with Crippen molar-refractivity contribution in [1.82, 2.24) is 4.90 Å². The van der Waals surface area contributed by atoms with Gasteiger partial charge in [0.25, 0.3) is 0 Å². The van der Waals surface area contributed by atoms with E-state index in [0.29, 0.717) is 58.6 Å². The molecular weight excluding hydrogens is 479 g/mol. The zero-order chi connectivity index (χ0) is 24.2. The van der Waals surface area contributed by atoms with Gasteiger partial charge in [-0.3, -0.25) is 4.79 Å². The predicted octanol–water partition coefficient (Wildman–Crippen LogP) is 3.48. The number of nitrogens with zero attached hydrogens (tertiary/aromatic N) is 1. The van der Waals surface area contributed by atoms with Crippen LogP contribution in [0.2, 0.25) is 5.82 Å². The second-order valence-corrected chi connectivity index (χ2v) is 15.0. The van der Waals surface area contributed by atoms with Gasteiger partial charge < -0.3 is 25.0 Å². The Labute approximate surface area is 219 Å². The van der Waals surface area contributed by atoms with E-state index in [2.05, 4.69) is 11.2 Å². The Bertz CT molecular complexity index is 784. The van der Waals surface area contributed by atoms with E-state index in [-0.39, 0.29) is 10.7 Å². The standard InChI is InChI=1S/C26H43BN2O4S2/c1-34-25-18(17-3-2-4-21-19(17)14-33-27(21)31)12-23(35-25)24(30)29-9-7-26(8-10-29)15-32-22-6-5-16(13-28)11-20(22)26/h16-23,25,31H,2-15,28H2,1H3. The molecule has 9 atom stereocenters. The second-order valence-electron chi connectivity index (χ2n) is 12.3. The summed E-state index contributed by atoms with van der Waals surface area (Å²) >= 11 is 3.85. The number of thioether (sulfide) groups is 2. The lowest BCUT2D eigenvalue weighted by molar-refractivity contribution is -0.133. The third-order valence-corrected chi connectivity index (χ3v) is 13.9. The van der Waals surface area contributed by atoms with E-state index in [1.165, 1.54) is 25.7 Å². The fourth-order valence-corrected chi connectivity index (χ4v) is 11.7. The molecule has 9 heteroatoms. The molecule has 6 rings (SSSR count). The Morgan fingerprint density at radius 3 is 2.77 bits per heavy atom. The first kappa shape index (κ1) is 25.4. The number of nitrogens with two attached hydrogens (primary N) is 1. The smallest absolute Gasteiger partial charge is 0.427 e. The monoisotopic (exact) mass is 522 g/mol. The highest BCUT2D eigenvalue weighted by Gasteiger charge is 2.55. The van der Waals surface area contributed by atoms with Crippen LogP contribution in [0.15, 0.2) is 0 Å². The van der Waals surface area contributed by atoms with E-state index in [1.54, 1.807) is 0 Å². The quantitative estimate of drug-likeness (QED) is 0.547. The Balaban J connectivity index is 1.08. The molecule has 4 aliphatic heterocycles. The SMILES string of the molecule is CSC1SC(C(=O)N2CCC3(CC2)COC2CCC(CN)CC23)CC1C1CCCC2B(O)OCC21. The number of hydrogen-bond acceptors (Lipinski definition) is 7. The summed E-state index contributed by atoms with van der Waals surface area (Å²) in [5.41, 5.74) is 6.31. The summed E-state index contributed by atoms with van der Waals surface area (Å²) in [6.07, 6.45) is 12.9. The van der Waals surface area contributed by atoms with Crippen molar-refractivity contribution in [2.75, 3.05) is 39.1 Å². The molecule has 0 aromatic carbocycles. The number of fused-ring (bicyclic) bond motifs is 3. The van der Waals surface area contributed by atoms with E-state index in [4.69, 9.17) is 15.1 Å². The van der Waals surface area contributed by atoms with Crippen LogP contribution in [0.1, 0.15) is 57.8 Å². The summed E-state index contributed by atoms with van der Waals surface area (Å²) in [6.45, 7) is 4.15. The highest BCUT2D eigenvalue weighted by molar-refractivity contribution is 8.17. The molecule has 0 aromatic rings. The van der Waals surface area contributed by atoms with Gasteiger partial charge in [0, 0.05) is 25.1 Å². The number of amides is 1. The van der Waals surface area contributed by atoms with Crippen LogP contribution in [0.25, 0.3) is 0 Å². The number of rotatable bonds is 4. The molecule has 2 aliphatic carbocycles. The van der Waals surface area contributed by atoms with Crippen LogP contribution in [-0.4, -0.2) is 78.0 Å². The molecule has 6 aliphatic rings. The Hall–Kier alpha value is 0.0749. The average molecular weight is 523 g/mol. The van der Waals surface area contributed by atoms with Crippen LogP contribution in [0, 0.1) is 35.0 Å². The minimum absolute atomic E-state index is 0.0861. The van der Waals surface area contributed by atoms with Crippen LogP contribution in [0.5, 0.6) is 0 Å². The van der Waals surface area contributed by atoms with Gasteiger partial charge in [-0.05, 0) is 93.2 Å². The molecule has 35 heavy (non-hydrogen) atoms. The van der Waals surface area contributed by atoms with Gasteiger partial charge in [0.05, 0.1) is 22.5 Å². The van der Waals surface area contributed by atoms with E-state index in [9.17, 15) is 9.82 Å². The van der Waals surface area contributed by atoms with Gasteiger partial charge in [0.15, 0.2) is 0 Å². The summed E-state index contributed by atoms with van der Waals surface area (Å²) in [4.78, 5) is 15.9. The molecule has 0 aromatic heterocycles. The first-order chi connectivity index (χ1) is 17.0. The lowest BCUT2D eigenvalue weighted by atomic mass is 9.57. The first-order valence-electron chi connectivity index (χ1n) is 14.1. The van der Waals surface area contributed by atoms with E-state index >= 15 is 0 Å². The lowest BCUT2D eigenvalue weighted by Gasteiger charge is -2.45. The molecule has 4 saturated heterocycles. The Kier molecular flexibility index (Phi) is 7.48. The minimum Gasteiger partial charge on any atom is -0.427 e. The maximum absolute atomic E-state index is 13.7. The van der Waals surface area contributed by atoms with Crippen LogP contribution >= 0.6 is 23.5 Å².